The molecule has 0 fully saturated rings. The van der Waals surface area contributed by atoms with E-state index in [1.165, 1.54) is 6.07 Å². The minimum atomic E-state index is -4.53. The minimum absolute atomic E-state index is 0.222. The highest BCUT2D eigenvalue weighted by Crippen LogP contribution is 2.18. The van der Waals surface area contributed by atoms with Crippen molar-refractivity contribution >= 4 is 32.8 Å². The summed E-state index contributed by atoms with van der Waals surface area (Å²) in [5, 5.41) is 12.5. The standard InChI is InChI=1S/C14H13NO6S/c16-13(15-12(14(17)18)8-22(19,20)21)11-7-3-5-9-4-1-2-6-10(9)11/h1-7,12H,8H2,(H,15,16)(H,17,18)(H,19,20,21). The van der Waals surface area contributed by atoms with E-state index in [-0.39, 0.29) is 5.56 Å². The number of amides is 1. The van der Waals surface area contributed by atoms with E-state index in [1.54, 1.807) is 36.4 Å². The fourth-order valence-corrected chi connectivity index (χ4v) is 2.69. The van der Waals surface area contributed by atoms with Gasteiger partial charge in [-0.25, -0.2) is 4.79 Å². The van der Waals surface area contributed by atoms with Gasteiger partial charge in [-0.15, -0.1) is 0 Å². The summed E-state index contributed by atoms with van der Waals surface area (Å²) in [4.78, 5) is 23.2. The Labute approximate surface area is 126 Å². The second-order valence-corrected chi connectivity index (χ2v) is 6.14. The van der Waals surface area contributed by atoms with E-state index in [9.17, 15) is 18.0 Å². The fourth-order valence-electron chi connectivity index (χ4n) is 2.04. The molecule has 1 unspecified atom stereocenters. The number of benzene rings is 2. The molecule has 2 aromatic rings. The number of nitrogens with one attached hydrogen (secondary N) is 1. The molecule has 0 saturated carbocycles. The van der Waals surface area contributed by atoms with Gasteiger partial charge in [0.1, 0.15) is 11.8 Å². The first-order valence-corrected chi connectivity index (χ1v) is 7.85. The van der Waals surface area contributed by atoms with Crippen LogP contribution in [0.2, 0.25) is 0 Å². The molecule has 0 heterocycles. The highest BCUT2D eigenvalue weighted by Gasteiger charge is 2.26. The number of rotatable bonds is 5. The van der Waals surface area contributed by atoms with Crippen LogP contribution in [-0.4, -0.2) is 41.7 Å². The predicted octanol–water partition coefficient (Wildman–Crippen LogP) is 0.911. The molecule has 22 heavy (non-hydrogen) atoms. The van der Waals surface area contributed by atoms with Gasteiger partial charge in [0.25, 0.3) is 16.0 Å². The first-order valence-electron chi connectivity index (χ1n) is 6.24. The molecule has 0 saturated heterocycles. The van der Waals surface area contributed by atoms with Gasteiger partial charge in [-0.05, 0) is 16.8 Å². The molecular formula is C14H13NO6S. The summed E-state index contributed by atoms with van der Waals surface area (Å²) in [5.74, 6) is -3.38. The van der Waals surface area contributed by atoms with Crippen molar-refractivity contribution in [3.63, 3.8) is 0 Å². The van der Waals surface area contributed by atoms with Crippen molar-refractivity contribution in [2.24, 2.45) is 0 Å². The average Bonchev–Trinajstić information content (AvgIpc) is 2.44. The second kappa shape index (κ2) is 6.12. The van der Waals surface area contributed by atoms with E-state index in [4.69, 9.17) is 9.66 Å². The predicted molar refractivity (Wildman–Crippen MR) is 79.3 cm³/mol. The van der Waals surface area contributed by atoms with Crippen LogP contribution in [0.5, 0.6) is 0 Å². The number of fused-ring (bicyclic) bond motifs is 1. The Morgan fingerprint density at radius 1 is 1.09 bits per heavy atom. The van der Waals surface area contributed by atoms with Crippen molar-refractivity contribution in [2.75, 3.05) is 5.75 Å². The third-order valence-corrected chi connectivity index (χ3v) is 3.77. The normalized spacial score (nSPS) is 12.8. The van der Waals surface area contributed by atoms with Crippen molar-refractivity contribution < 1.29 is 27.7 Å². The summed E-state index contributed by atoms with van der Waals surface area (Å²) in [6, 6.07) is 10.2. The molecular weight excluding hydrogens is 310 g/mol. The Morgan fingerprint density at radius 3 is 2.36 bits per heavy atom. The summed E-state index contributed by atoms with van der Waals surface area (Å²) < 4.78 is 30.4. The average molecular weight is 323 g/mol. The molecule has 1 amide bonds. The van der Waals surface area contributed by atoms with Crippen molar-refractivity contribution in [1.29, 1.82) is 0 Å². The first-order chi connectivity index (χ1) is 10.3. The van der Waals surface area contributed by atoms with Crippen LogP contribution in [0, 0.1) is 0 Å². The second-order valence-electron chi connectivity index (χ2n) is 4.64. The van der Waals surface area contributed by atoms with E-state index in [1.807, 2.05) is 0 Å². The topological polar surface area (TPSA) is 121 Å². The first kappa shape index (κ1) is 15.9. The number of carbonyl (C=O) groups is 2. The van der Waals surface area contributed by atoms with Crippen LogP contribution in [0.3, 0.4) is 0 Å². The summed E-state index contributed by atoms with van der Waals surface area (Å²) in [5.41, 5.74) is 0.222. The zero-order valence-corrected chi connectivity index (χ0v) is 12.1. The quantitative estimate of drug-likeness (QED) is 0.703. The molecule has 2 aromatic carbocycles. The summed E-state index contributed by atoms with van der Waals surface area (Å²) >= 11 is 0. The third-order valence-electron chi connectivity index (χ3n) is 3.01. The van der Waals surface area contributed by atoms with Gasteiger partial charge in [0, 0.05) is 5.56 Å². The van der Waals surface area contributed by atoms with Gasteiger partial charge in [-0.2, -0.15) is 8.42 Å². The maximum absolute atomic E-state index is 12.2. The number of carboxylic acid groups (broad SMARTS) is 1. The Morgan fingerprint density at radius 2 is 1.73 bits per heavy atom. The lowest BCUT2D eigenvalue weighted by Gasteiger charge is -2.14. The summed E-state index contributed by atoms with van der Waals surface area (Å²) in [6.07, 6.45) is 0. The molecule has 1 atom stereocenters. The molecule has 7 nitrogen and oxygen atoms in total. The van der Waals surface area contributed by atoms with Gasteiger partial charge in [0.2, 0.25) is 0 Å². The molecule has 3 N–H and O–H groups in total. The van der Waals surface area contributed by atoms with E-state index >= 15 is 0 Å². The van der Waals surface area contributed by atoms with Crippen LogP contribution in [0.25, 0.3) is 10.8 Å². The van der Waals surface area contributed by atoms with Gasteiger partial charge < -0.3 is 10.4 Å². The van der Waals surface area contributed by atoms with Gasteiger partial charge >= 0.3 is 5.97 Å². The number of hydrogen-bond donors (Lipinski definition) is 3. The van der Waals surface area contributed by atoms with Gasteiger partial charge in [0.05, 0.1) is 0 Å². The molecule has 2 rings (SSSR count). The minimum Gasteiger partial charge on any atom is -0.480 e. The maximum atomic E-state index is 12.2. The van der Waals surface area contributed by atoms with E-state index in [2.05, 4.69) is 5.32 Å². The van der Waals surface area contributed by atoms with Crippen molar-refractivity contribution in [2.45, 2.75) is 6.04 Å². The van der Waals surface area contributed by atoms with Crippen LogP contribution in [0.15, 0.2) is 42.5 Å². The number of aliphatic carboxylic acids is 1. The third kappa shape index (κ3) is 3.80. The zero-order valence-electron chi connectivity index (χ0n) is 11.3. The van der Waals surface area contributed by atoms with E-state index in [0.29, 0.717) is 5.39 Å². The van der Waals surface area contributed by atoms with E-state index < -0.39 is 33.8 Å². The van der Waals surface area contributed by atoms with Crippen LogP contribution in [-0.2, 0) is 14.9 Å². The van der Waals surface area contributed by atoms with Crippen LogP contribution in [0.1, 0.15) is 10.4 Å². The maximum Gasteiger partial charge on any atom is 0.327 e. The van der Waals surface area contributed by atoms with Crippen LogP contribution < -0.4 is 5.32 Å². The SMILES string of the molecule is O=C(NC(CS(=O)(=O)O)C(=O)O)c1cccc2ccccc12. The lowest BCUT2D eigenvalue weighted by Crippen LogP contribution is -2.45. The number of carboxylic acids is 1. The lowest BCUT2D eigenvalue weighted by atomic mass is 10.0. The molecule has 0 aliphatic rings. The van der Waals surface area contributed by atoms with Crippen molar-refractivity contribution in [3.8, 4) is 0 Å². The van der Waals surface area contributed by atoms with Gasteiger partial charge in [-0.1, -0.05) is 36.4 Å². The highest BCUT2D eigenvalue weighted by molar-refractivity contribution is 7.85. The Hall–Kier alpha value is -2.45. The van der Waals surface area contributed by atoms with E-state index in [0.717, 1.165) is 5.39 Å². The molecule has 0 spiro atoms. The molecule has 8 heteroatoms. The lowest BCUT2D eigenvalue weighted by molar-refractivity contribution is -0.138. The zero-order chi connectivity index (χ0) is 16.3. The van der Waals surface area contributed by atoms with Crippen LogP contribution in [0.4, 0.5) is 0 Å². The molecule has 0 bridgehead atoms. The largest absolute Gasteiger partial charge is 0.480 e. The highest BCUT2D eigenvalue weighted by atomic mass is 32.2. The van der Waals surface area contributed by atoms with Crippen LogP contribution >= 0.6 is 0 Å². The Kier molecular flexibility index (Phi) is 4.43. The number of carbonyl (C=O) groups excluding carboxylic acids is 1. The molecule has 0 radical (unpaired) electrons. The molecule has 0 aromatic heterocycles. The molecule has 0 aliphatic carbocycles. The van der Waals surface area contributed by atoms with Crippen molar-refractivity contribution in [1.82, 2.24) is 5.32 Å². The van der Waals surface area contributed by atoms with Gasteiger partial charge in [-0.3, -0.25) is 9.35 Å². The Bertz CT molecular complexity index is 825. The van der Waals surface area contributed by atoms with Gasteiger partial charge in [0.15, 0.2) is 0 Å². The fraction of sp³-hybridized carbons (Fsp3) is 0.143. The summed E-state index contributed by atoms with van der Waals surface area (Å²) in [6.45, 7) is 0. The molecule has 0 aliphatic heterocycles. The van der Waals surface area contributed by atoms with Crippen molar-refractivity contribution in [3.05, 3.63) is 48.0 Å². The molecule has 116 valence electrons. The Balaban J connectivity index is 2.32. The smallest absolute Gasteiger partial charge is 0.327 e. The summed E-state index contributed by atoms with van der Waals surface area (Å²) in [7, 11) is -4.53. The number of hydrogen-bond acceptors (Lipinski definition) is 4. The monoisotopic (exact) mass is 323 g/mol.